The maximum atomic E-state index is 12.0. The number of nitrogen functional groups attached to an aromatic ring is 1. The molecule has 2 N–H and O–H groups in total. The highest BCUT2D eigenvalue weighted by molar-refractivity contribution is 6.33. The van der Waals surface area contributed by atoms with Crippen molar-refractivity contribution in [1.29, 1.82) is 0 Å². The van der Waals surface area contributed by atoms with E-state index in [2.05, 4.69) is 6.92 Å². The average Bonchev–Trinajstić information content (AvgIpc) is 2.32. The van der Waals surface area contributed by atoms with E-state index in [4.69, 9.17) is 22.1 Å². The quantitative estimate of drug-likeness (QED) is 0.657. The molecule has 0 bridgehead atoms. The molecule has 0 aliphatic heterocycles. The van der Waals surface area contributed by atoms with Crippen LogP contribution < -0.4 is 5.73 Å². The van der Waals surface area contributed by atoms with Gasteiger partial charge < -0.3 is 10.5 Å². The topological polar surface area (TPSA) is 52.3 Å². The Morgan fingerprint density at radius 1 is 1.44 bits per heavy atom. The van der Waals surface area contributed by atoms with Crippen molar-refractivity contribution < 1.29 is 9.53 Å². The van der Waals surface area contributed by atoms with Crippen LogP contribution in [0, 0.1) is 5.92 Å². The number of hydrogen-bond acceptors (Lipinski definition) is 3. The SMILES string of the molecule is CC1CCCC(OC(=O)c2ccc(N)c(Cl)c2)C1. The van der Waals surface area contributed by atoms with E-state index in [0.717, 1.165) is 19.3 Å². The van der Waals surface area contributed by atoms with Crippen LogP contribution >= 0.6 is 11.6 Å². The first-order chi connectivity index (χ1) is 8.56. The van der Waals surface area contributed by atoms with Gasteiger partial charge in [0.15, 0.2) is 0 Å². The molecule has 1 aliphatic rings. The summed E-state index contributed by atoms with van der Waals surface area (Å²) in [5.41, 5.74) is 6.54. The molecule has 1 aromatic carbocycles. The first kappa shape index (κ1) is 13.2. The number of benzene rings is 1. The van der Waals surface area contributed by atoms with Crippen LogP contribution in [0.1, 0.15) is 43.0 Å². The summed E-state index contributed by atoms with van der Waals surface area (Å²) < 4.78 is 5.50. The zero-order chi connectivity index (χ0) is 13.1. The van der Waals surface area contributed by atoms with E-state index >= 15 is 0 Å². The number of carbonyl (C=O) groups is 1. The zero-order valence-corrected chi connectivity index (χ0v) is 11.2. The summed E-state index contributed by atoms with van der Waals surface area (Å²) in [5, 5.41) is 0.390. The Kier molecular flexibility index (Phi) is 4.12. The minimum absolute atomic E-state index is 0.0394. The van der Waals surface area contributed by atoms with Crippen LogP contribution in [-0.4, -0.2) is 12.1 Å². The van der Waals surface area contributed by atoms with Gasteiger partial charge in [0.2, 0.25) is 0 Å². The Bertz CT molecular complexity index is 447. The number of anilines is 1. The molecular weight excluding hydrogens is 250 g/mol. The van der Waals surface area contributed by atoms with Gasteiger partial charge in [0.1, 0.15) is 6.10 Å². The molecule has 1 fully saturated rings. The van der Waals surface area contributed by atoms with Crippen molar-refractivity contribution in [2.45, 2.75) is 38.7 Å². The molecule has 0 heterocycles. The highest BCUT2D eigenvalue weighted by Crippen LogP contribution is 2.27. The van der Waals surface area contributed by atoms with Gasteiger partial charge in [-0.05, 0) is 43.4 Å². The summed E-state index contributed by atoms with van der Waals surface area (Å²) in [5.74, 6) is 0.322. The van der Waals surface area contributed by atoms with Crippen molar-refractivity contribution in [3.05, 3.63) is 28.8 Å². The van der Waals surface area contributed by atoms with Crippen LogP contribution in [0.15, 0.2) is 18.2 Å². The lowest BCUT2D eigenvalue weighted by Crippen LogP contribution is -2.24. The van der Waals surface area contributed by atoms with E-state index < -0.39 is 0 Å². The minimum Gasteiger partial charge on any atom is -0.459 e. The van der Waals surface area contributed by atoms with Crippen molar-refractivity contribution in [2.24, 2.45) is 5.92 Å². The second-order valence-electron chi connectivity index (χ2n) is 5.04. The molecule has 1 aromatic rings. The molecule has 0 saturated heterocycles. The van der Waals surface area contributed by atoms with E-state index in [1.165, 1.54) is 6.42 Å². The lowest BCUT2D eigenvalue weighted by Gasteiger charge is -2.26. The molecule has 1 saturated carbocycles. The van der Waals surface area contributed by atoms with Crippen molar-refractivity contribution in [3.63, 3.8) is 0 Å². The third-order valence-corrected chi connectivity index (χ3v) is 3.73. The van der Waals surface area contributed by atoms with Gasteiger partial charge in [-0.1, -0.05) is 24.9 Å². The molecule has 98 valence electrons. The Morgan fingerprint density at radius 2 is 2.22 bits per heavy atom. The van der Waals surface area contributed by atoms with E-state index in [-0.39, 0.29) is 12.1 Å². The van der Waals surface area contributed by atoms with Crippen LogP contribution in [-0.2, 0) is 4.74 Å². The molecule has 0 aromatic heterocycles. The number of rotatable bonds is 2. The molecule has 4 heteroatoms. The summed E-state index contributed by atoms with van der Waals surface area (Å²) in [4.78, 5) is 12.0. The number of halogens is 1. The van der Waals surface area contributed by atoms with E-state index in [1.54, 1.807) is 18.2 Å². The molecule has 2 rings (SSSR count). The Morgan fingerprint density at radius 3 is 2.89 bits per heavy atom. The molecule has 0 radical (unpaired) electrons. The predicted octanol–water partition coefficient (Wildman–Crippen LogP) is 3.66. The maximum Gasteiger partial charge on any atom is 0.338 e. The van der Waals surface area contributed by atoms with Crippen LogP contribution in [0.5, 0.6) is 0 Å². The fraction of sp³-hybridized carbons (Fsp3) is 0.500. The minimum atomic E-state index is -0.309. The van der Waals surface area contributed by atoms with E-state index in [0.29, 0.717) is 22.2 Å². The van der Waals surface area contributed by atoms with Crippen LogP contribution in [0.3, 0.4) is 0 Å². The normalized spacial score (nSPS) is 23.7. The van der Waals surface area contributed by atoms with E-state index in [1.807, 2.05) is 0 Å². The van der Waals surface area contributed by atoms with Crippen molar-refractivity contribution in [1.82, 2.24) is 0 Å². The maximum absolute atomic E-state index is 12.0. The van der Waals surface area contributed by atoms with Crippen LogP contribution in [0.2, 0.25) is 5.02 Å². The second kappa shape index (κ2) is 5.61. The number of ether oxygens (including phenoxy) is 1. The van der Waals surface area contributed by atoms with Gasteiger partial charge >= 0.3 is 5.97 Å². The fourth-order valence-corrected chi connectivity index (χ4v) is 2.54. The van der Waals surface area contributed by atoms with Gasteiger partial charge in [0, 0.05) is 0 Å². The molecular formula is C14H18ClNO2. The molecule has 2 unspecified atom stereocenters. The molecule has 1 aliphatic carbocycles. The van der Waals surface area contributed by atoms with Gasteiger partial charge in [-0.3, -0.25) is 0 Å². The first-order valence-electron chi connectivity index (χ1n) is 6.32. The monoisotopic (exact) mass is 267 g/mol. The van der Waals surface area contributed by atoms with Gasteiger partial charge in [0.05, 0.1) is 16.3 Å². The third kappa shape index (κ3) is 3.16. The van der Waals surface area contributed by atoms with E-state index in [9.17, 15) is 4.79 Å². The Hall–Kier alpha value is -1.22. The summed E-state index contributed by atoms with van der Waals surface area (Å²) in [7, 11) is 0. The lowest BCUT2D eigenvalue weighted by molar-refractivity contribution is 0.0155. The van der Waals surface area contributed by atoms with Gasteiger partial charge in [-0.2, -0.15) is 0 Å². The lowest BCUT2D eigenvalue weighted by atomic mass is 9.89. The molecule has 2 atom stereocenters. The standard InChI is InChI=1S/C14H18ClNO2/c1-9-3-2-4-11(7-9)18-14(17)10-5-6-13(16)12(15)8-10/h5-6,8-9,11H,2-4,7,16H2,1H3. The molecule has 3 nitrogen and oxygen atoms in total. The summed E-state index contributed by atoms with van der Waals surface area (Å²) in [6.45, 7) is 2.19. The number of hydrogen-bond donors (Lipinski definition) is 1. The molecule has 0 spiro atoms. The third-order valence-electron chi connectivity index (χ3n) is 3.40. The summed E-state index contributed by atoms with van der Waals surface area (Å²) >= 11 is 5.89. The fourth-order valence-electron chi connectivity index (χ4n) is 2.36. The van der Waals surface area contributed by atoms with Gasteiger partial charge in [-0.25, -0.2) is 4.79 Å². The van der Waals surface area contributed by atoms with Crippen LogP contribution in [0.4, 0.5) is 5.69 Å². The van der Waals surface area contributed by atoms with Crippen LogP contribution in [0.25, 0.3) is 0 Å². The smallest absolute Gasteiger partial charge is 0.338 e. The molecule has 0 amide bonds. The highest BCUT2D eigenvalue weighted by Gasteiger charge is 2.22. The zero-order valence-electron chi connectivity index (χ0n) is 10.5. The second-order valence-corrected chi connectivity index (χ2v) is 5.44. The van der Waals surface area contributed by atoms with Gasteiger partial charge in [-0.15, -0.1) is 0 Å². The van der Waals surface area contributed by atoms with Crippen molar-refractivity contribution in [2.75, 3.05) is 5.73 Å². The number of nitrogens with two attached hydrogens (primary N) is 1. The Labute approximate surface area is 112 Å². The summed E-state index contributed by atoms with van der Waals surface area (Å²) in [6.07, 6.45) is 4.30. The van der Waals surface area contributed by atoms with Crippen molar-refractivity contribution in [3.8, 4) is 0 Å². The number of carbonyl (C=O) groups excluding carboxylic acids is 1. The highest BCUT2D eigenvalue weighted by atomic mass is 35.5. The number of esters is 1. The largest absolute Gasteiger partial charge is 0.459 e. The Balaban J connectivity index is 2.00. The van der Waals surface area contributed by atoms with Gasteiger partial charge in [0.25, 0.3) is 0 Å². The van der Waals surface area contributed by atoms with Crippen molar-refractivity contribution >= 4 is 23.3 Å². The molecule has 18 heavy (non-hydrogen) atoms. The average molecular weight is 268 g/mol. The first-order valence-corrected chi connectivity index (χ1v) is 6.70. The predicted molar refractivity (Wildman–Crippen MR) is 72.7 cm³/mol. The summed E-state index contributed by atoms with van der Waals surface area (Å²) in [6, 6.07) is 4.84.